The zero-order valence-corrected chi connectivity index (χ0v) is 11.8. The molecule has 2 aromatic heterocycles. The van der Waals surface area contributed by atoms with Crippen LogP contribution in [0.1, 0.15) is 43.8 Å². The molecule has 0 atom stereocenters. The quantitative estimate of drug-likeness (QED) is 0.915. The number of hydrogen-bond acceptors (Lipinski definition) is 5. The van der Waals surface area contributed by atoms with E-state index in [-0.39, 0.29) is 5.91 Å². The van der Waals surface area contributed by atoms with Crippen LogP contribution in [0.3, 0.4) is 0 Å². The number of anilines is 1. The Bertz CT molecular complexity index is 640. The van der Waals surface area contributed by atoms with Crippen LogP contribution in [0.25, 0.3) is 10.8 Å². The molecule has 2 aliphatic carbocycles. The SMILES string of the molecule is O=C(CC1CC1)Nc1ccsc1-c1nc(C2CC2)no1. The van der Waals surface area contributed by atoms with Gasteiger partial charge in [0.25, 0.3) is 5.89 Å². The van der Waals surface area contributed by atoms with Gasteiger partial charge in [0, 0.05) is 12.3 Å². The van der Waals surface area contributed by atoms with Crippen LogP contribution < -0.4 is 5.32 Å². The average Bonchev–Trinajstić information content (AvgIpc) is 3.34. The predicted octanol–water partition coefficient (Wildman–Crippen LogP) is 3.41. The van der Waals surface area contributed by atoms with Gasteiger partial charge in [-0.05, 0) is 43.0 Å². The number of thiophene rings is 1. The second kappa shape index (κ2) is 4.70. The van der Waals surface area contributed by atoms with E-state index in [0.717, 1.165) is 29.2 Å². The molecule has 0 unspecified atom stereocenters. The molecule has 2 aliphatic rings. The largest absolute Gasteiger partial charge is 0.333 e. The van der Waals surface area contributed by atoms with E-state index in [9.17, 15) is 4.79 Å². The number of nitrogens with zero attached hydrogens (tertiary/aromatic N) is 2. The van der Waals surface area contributed by atoms with Crippen molar-refractivity contribution in [2.75, 3.05) is 5.32 Å². The van der Waals surface area contributed by atoms with Crippen molar-refractivity contribution >= 4 is 22.9 Å². The molecule has 0 aromatic carbocycles. The summed E-state index contributed by atoms with van der Waals surface area (Å²) in [6.45, 7) is 0. The summed E-state index contributed by atoms with van der Waals surface area (Å²) < 4.78 is 5.32. The van der Waals surface area contributed by atoms with Gasteiger partial charge in [-0.25, -0.2) is 0 Å². The molecule has 0 saturated heterocycles. The minimum atomic E-state index is 0.0779. The molecule has 2 fully saturated rings. The number of aromatic nitrogens is 2. The monoisotopic (exact) mass is 289 g/mol. The minimum absolute atomic E-state index is 0.0779. The lowest BCUT2D eigenvalue weighted by Gasteiger charge is -2.03. The van der Waals surface area contributed by atoms with Gasteiger partial charge in [0.15, 0.2) is 5.82 Å². The highest BCUT2D eigenvalue weighted by molar-refractivity contribution is 7.14. The normalized spacial score (nSPS) is 18.2. The summed E-state index contributed by atoms with van der Waals surface area (Å²) in [4.78, 5) is 17.2. The molecule has 104 valence electrons. The van der Waals surface area contributed by atoms with Crippen LogP contribution in [0.4, 0.5) is 5.69 Å². The Morgan fingerprint density at radius 3 is 3.00 bits per heavy atom. The summed E-state index contributed by atoms with van der Waals surface area (Å²) in [5.41, 5.74) is 0.784. The van der Waals surface area contributed by atoms with E-state index in [2.05, 4.69) is 15.5 Å². The van der Waals surface area contributed by atoms with E-state index in [4.69, 9.17) is 4.52 Å². The van der Waals surface area contributed by atoms with Gasteiger partial charge in [-0.2, -0.15) is 4.98 Å². The van der Waals surface area contributed by atoms with Crippen molar-refractivity contribution in [2.24, 2.45) is 5.92 Å². The van der Waals surface area contributed by atoms with E-state index in [1.807, 2.05) is 11.4 Å². The van der Waals surface area contributed by atoms with Gasteiger partial charge >= 0.3 is 0 Å². The molecule has 1 N–H and O–H groups in total. The van der Waals surface area contributed by atoms with Crippen LogP contribution >= 0.6 is 11.3 Å². The van der Waals surface area contributed by atoms with Crippen molar-refractivity contribution in [3.8, 4) is 10.8 Å². The molecular formula is C14H15N3O2S. The third-order valence-corrected chi connectivity index (χ3v) is 4.59. The van der Waals surface area contributed by atoms with Crippen molar-refractivity contribution in [1.29, 1.82) is 0 Å². The zero-order chi connectivity index (χ0) is 13.5. The van der Waals surface area contributed by atoms with Gasteiger partial charge in [0.1, 0.15) is 4.88 Å². The molecule has 6 heteroatoms. The minimum Gasteiger partial charge on any atom is -0.333 e. The number of amides is 1. The molecule has 2 heterocycles. The Hall–Kier alpha value is -1.69. The van der Waals surface area contributed by atoms with Gasteiger partial charge in [0.2, 0.25) is 5.91 Å². The van der Waals surface area contributed by atoms with Crippen molar-refractivity contribution < 1.29 is 9.32 Å². The summed E-state index contributed by atoms with van der Waals surface area (Å²) >= 11 is 1.51. The van der Waals surface area contributed by atoms with Crippen LogP contribution in [0.5, 0.6) is 0 Å². The smallest absolute Gasteiger partial charge is 0.270 e. The van der Waals surface area contributed by atoms with Crippen LogP contribution in [-0.4, -0.2) is 16.0 Å². The molecular weight excluding hydrogens is 274 g/mol. The summed E-state index contributed by atoms with van der Waals surface area (Å²) in [6.07, 6.45) is 5.27. The Morgan fingerprint density at radius 2 is 2.25 bits per heavy atom. The second-order valence-electron chi connectivity index (χ2n) is 5.59. The van der Waals surface area contributed by atoms with E-state index in [1.54, 1.807) is 0 Å². The maximum Gasteiger partial charge on any atom is 0.270 e. The lowest BCUT2D eigenvalue weighted by atomic mass is 10.2. The Balaban J connectivity index is 1.52. The summed E-state index contributed by atoms with van der Waals surface area (Å²) in [5.74, 6) is 2.45. The third kappa shape index (κ3) is 2.47. The summed E-state index contributed by atoms with van der Waals surface area (Å²) in [5, 5.41) is 8.91. The fraction of sp³-hybridized carbons (Fsp3) is 0.500. The molecule has 2 saturated carbocycles. The highest BCUT2D eigenvalue weighted by Crippen LogP contribution is 2.40. The Morgan fingerprint density at radius 1 is 1.40 bits per heavy atom. The van der Waals surface area contributed by atoms with Gasteiger partial charge in [-0.1, -0.05) is 5.16 Å². The molecule has 20 heavy (non-hydrogen) atoms. The van der Waals surface area contributed by atoms with Gasteiger partial charge in [0.05, 0.1) is 5.69 Å². The van der Waals surface area contributed by atoms with Gasteiger partial charge in [-0.3, -0.25) is 4.79 Å². The van der Waals surface area contributed by atoms with E-state index < -0.39 is 0 Å². The molecule has 0 aliphatic heterocycles. The second-order valence-corrected chi connectivity index (χ2v) is 6.51. The fourth-order valence-electron chi connectivity index (χ4n) is 2.19. The first-order valence-corrected chi connectivity index (χ1v) is 7.89. The molecule has 0 bridgehead atoms. The lowest BCUT2D eigenvalue weighted by molar-refractivity contribution is -0.116. The molecule has 5 nitrogen and oxygen atoms in total. The zero-order valence-electron chi connectivity index (χ0n) is 11.0. The van der Waals surface area contributed by atoms with E-state index >= 15 is 0 Å². The highest BCUT2D eigenvalue weighted by atomic mass is 32.1. The summed E-state index contributed by atoms with van der Waals surface area (Å²) in [6, 6.07) is 1.89. The Kier molecular flexibility index (Phi) is 2.84. The first-order valence-electron chi connectivity index (χ1n) is 7.01. The van der Waals surface area contributed by atoms with Gasteiger partial charge in [-0.15, -0.1) is 11.3 Å². The topological polar surface area (TPSA) is 68.0 Å². The van der Waals surface area contributed by atoms with E-state index in [1.165, 1.54) is 24.2 Å². The van der Waals surface area contributed by atoms with Crippen molar-refractivity contribution in [3.05, 3.63) is 17.3 Å². The Labute approximate surface area is 120 Å². The average molecular weight is 289 g/mol. The van der Waals surface area contributed by atoms with E-state index in [0.29, 0.717) is 24.1 Å². The number of nitrogens with one attached hydrogen (secondary N) is 1. The molecule has 0 radical (unpaired) electrons. The number of carbonyl (C=O) groups excluding carboxylic acids is 1. The van der Waals surface area contributed by atoms with Crippen LogP contribution in [0.15, 0.2) is 16.0 Å². The maximum absolute atomic E-state index is 11.9. The number of hydrogen-bond donors (Lipinski definition) is 1. The van der Waals surface area contributed by atoms with Gasteiger partial charge < -0.3 is 9.84 Å². The molecule has 1 amide bonds. The van der Waals surface area contributed by atoms with Crippen molar-refractivity contribution in [3.63, 3.8) is 0 Å². The molecule has 4 rings (SSSR count). The van der Waals surface area contributed by atoms with Crippen molar-refractivity contribution in [2.45, 2.75) is 38.0 Å². The first-order chi connectivity index (χ1) is 9.79. The maximum atomic E-state index is 11.9. The standard InChI is InChI=1S/C14H15N3O2S/c18-11(7-8-1-2-8)15-10-5-6-20-12(10)14-16-13(17-19-14)9-3-4-9/h5-6,8-9H,1-4,7H2,(H,15,18). The lowest BCUT2D eigenvalue weighted by Crippen LogP contribution is -2.11. The van der Waals surface area contributed by atoms with Crippen molar-refractivity contribution in [1.82, 2.24) is 10.1 Å². The first kappa shape index (κ1) is 12.1. The molecule has 2 aromatic rings. The van der Waals surface area contributed by atoms with Crippen LogP contribution in [0, 0.1) is 5.92 Å². The van der Waals surface area contributed by atoms with Crippen LogP contribution in [-0.2, 0) is 4.79 Å². The summed E-state index contributed by atoms with van der Waals surface area (Å²) in [7, 11) is 0. The van der Waals surface area contributed by atoms with Crippen LogP contribution in [0.2, 0.25) is 0 Å². The highest BCUT2D eigenvalue weighted by Gasteiger charge is 2.30. The number of rotatable bonds is 5. The third-order valence-electron chi connectivity index (χ3n) is 3.69. The number of carbonyl (C=O) groups is 1. The predicted molar refractivity (Wildman–Crippen MR) is 75.6 cm³/mol. The fourth-order valence-corrected chi connectivity index (χ4v) is 2.96. The molecule has 0 spiro atoms.